The van der Waals surface area contributed by atoms with Gasteiger partial charge in [-0.15, -0.1) is 0 Å². The number of ether oxygens (including phenoxy) is 2. The molecule has 0 N–H and O–H groups in total. The predicted octanol–water partition coefficient (Wildman–Crippen LogP) is 5.80. The number of nitrogens with zero attached hydrogens (tertiary/aromatic N) is 2. The molecule has 1 saturated heterocycles. The van der Waals surface area contributed by atoms with Gasteiger partial charge < -0.3 is 9.47 Å². The van der Waals surface area contributed by atoms with E-state index in [9.17, 15) is 8.78 Å². The van der Waals surface area contributed by atoms with Gasteiger partial charge in [-0.3, -0.25) is 14.3 Å². The third-order valence-corrected chi connectivity index (χ3v) is 6.67. The van der Waals surface area contributed by atoms with Crippen molar-refractivity contribution in [3.05, 3.63) is 89.9 Å². The van der Waals surface area contributed by atoms with Crippen molar-refractivity contribution in [2.45, 2.75) is 6.10 Å². The highest BCUT2D eigenvalue weighted by atomic mass is 19.1. The molecular formula is C28H24F2N2O2. The first-order chi connectivity index (χ1) is 16.7. The van der Waals surface area contributed by atoms with E-state index >= 15 is 0 Å². The normalized spacial score (nSPS) is 17.5. The summed E-state index contributed by atoms with van der Waals surface area (Å²) in [6.45, 7) is 2.72. The lowest BCUT2D eigenvalue weighted by Gasteiger charge is -2.37. The first kappa shape index (κ1) is 21.1. The fourth-order valence-corrected chi connectivity index (χ4v) is 4.89. The molecule has 0 bridgehead atoms. The van der Waals surface area contributed by atoms with Crippen LogP contribution >= 0.6 is 0 Å². The summed E-state index contributed by atoms with van der Waals surface area (Å²) in [5, 5.41) is 1.02. The first-order valence-corrected chi connectivity index (χ1v) is 11.5. The summed E-state index contributed by atoms with van der Waals surface area (Å²) in [7, 11) is 0. The Kier molecular flexibility index (Phi) is 5.38. The molecule has 3 heterocycles. The Balaban J connectivity index is 1.28. The maximum atomic E-state index is 14.0. The molecule has 0 amide bonds. The molecule has 0 radical (unpaired) electrons. The van der Waals surface area contributed by atoms with Gasteiger partial charge in [-0.1, -0.05) is 30.3 Å². The topological polar surface area (TPSA) is 34.6 Å². The van der Waals surface area contributed by atoms with E-state index in [-0.39, 0.29) is 18.4 Å². The van der Waals surface area contributed by atoms with Crippen LogP contribution < -0.4 is 9.47 Å². The molecule has 0 saturated carbocycles. The second kappa shape index (κ2) is 8.69. The number of hydrogen-bond donors (Lipinski definition) is 0. The van der Waals surface area contributed by atoms with Gasteiger partial charge in [0, 0.05) is 59.9 Å². The third kappa shape index (κ3) is 3.78. The highest BCUT2D eigenvalue weighted by Crippen LogP contribution is 2.47. The van der Waals surface area contributed by atoms with Crippen LogP contribution in [0.3, 0.4) is 0 Å². The van der Waals surface area contributed by atoms with E-state index in [0.717, 1.165) is 58.5 Å². The first-order valence-electron chi connectivity index (χ1n) is 11.5. The lowest BCUT2D eigenvalue weighted by atomic mass is 9.88. The maximum Gasteiger partial charge on any atom is 0.150 e. The molecule has 2 aliphatic rings. The monoisotopic (exact) mass is 458 g/mol. The van der Waals surface area contributed by atoms with Crippen molar-refractivity contribution in [3.63, 3.8) is 0 Å². The highest BCUT2D eigenvalue weighted by molar-refractivity contribution is 5.91. The van der Waals surface area contributed by atoms with Gasteiger partial charge in [-0.05, 0) is 35.9 Å². The van der Waals surface area contributed by atoms with E-state index in [0.29, 0.717) is 12.4 Å². The molecule has 4 aromatic rings. The quantitative estimate of drug-likeness (QED) is 0.366. The molecule has 2 aliphatic heterocycles. The van der Waals surface area contributed by atoms with Crippen LogP contribution in [0.15, 0.2) is 72.9 Å². The zero-order chi connectivity index (χ0) is 23.1. The summed E-state index contributed by atoms with van der Waals surface area (Å²) in [6, 6.07) is 20.5. The van der Waals surface area contributed by atoms with Crippen molar-refractivity contribution < 1.29 is 18.3 Å². The van der Waals surface area contributed by atoms with Crippen LogP contribution in [0.25, 0.3) is 22.0 Å². The van der Waals surface area contributed by atoms with Crippen molar-refractivity contribution in [2.24, 2.45) is 5.92 Å². The minimum atomic E-state index is -0.398. The molecule has 0 spiro atoms. The van der Waals surface area contributed by atoms with Crippen LogP contribution in [0.4, 0.5) is 8.78 Å². The Hall–Kier alpha value is -3.51. The van der Waals surface area contributed by atoms with Crippen molar-refractivity contribution in [2.75, 3.05) is 32.9 Å². The van der Waals surface area contributed by atoms with Crippen LogP contribution in [0.2, 0.25) is 0 Å². The van der Waals surface area contributed by atoms with Crippen LogP contribution in [0.5, 0.6) is 11.5 Å². The number of para-hydroxylation sites is 1. The number of hydrogen-bond acceptors (Lipinski definition) is 4. The summed E-state index contributed by atoms with van der Waals surface area (Å²) >= 11 is 0. The molecule has 34 heavy (non-hydrogen) atoms. The van der Waals surface area contributed by atoms with Gasteiger partial charge in [-0.25, -0.2) is 4.39 Å². The van der Waals surface area contributed by atoms with Gasteiger partial charge in [-0.2, -0.15) is 0 Å². The Labute approximate surface area is 196 Å². The Morgan fingerprint density at radius 2 is 1.82 bits per heavy atom. The number of aromatic nitrogens is 1. The zero-order valence-electron chi connectivity index (χ0n) is 18.6. The molecule has 1 aromatic heterocycles. The van der Waals surface area contributed by atoms with Gasteiger partial charge in [0.05, 0.1) is 12.2 Å². The van der Waals surface area contributed by atoms with Gasteiger partial charge in [0.2, 0.25) is 0 Å². The van der Waals surface area contributed by atoms with E-state index in [1.807, 2.05) is 54.7 Å². The molecular weight excluding hydrogens is 434 g/mol. The summed E-state index contributed by atoms with van der Waals surface area (Å²) in [5.41, 5.74) is 4.66. The van der Waals surface area contributed by atoms with E-state index in [2.05, 4.69) is 9.88 Å². The fraction of sp³-hybridized carbons (Fsp3) is 0.250. The number of rotatable bonds is 6. The Bertz CT molecular complexity index is 1340. The number of halogens is 2. The van der Waals surface area contributed by atoms with Crippen LogP contribution in [0, 0.1) is 11.7 Å². The van der Waals surface area contributed by atoms with Gasteiger partial charge in [0.1, 0.15) is 23.9 Å². The van der Waals surface area contributed by atoms with Crippen molar-refractivity contribution in [3.8, 4) is 22.6 Å². The standard InChI is InChI=1S/C28H24F2N2O2/c29-14-18-16-32(17-18)11-12-33-21-8-5-19(6-9-21)28-27-23-3-1-2-4-25(23)31-15-24(27)22-10-7-20(30)13-26(22)34-28/h1-10,13,15,18,28H,11-12,14,16-17H2. The largest absolute Gasteiger partial charge is 0.492 e. The molecule has 3 aromatic carbocycles. The van der Waals surface area contributed by atoms with E-state index in [1.54, 1.807) is 6.07 Å². The number of benzene rings is 3. The Morgan fingerprint density at radius 1 is 1.00 bits per heavy atom. The van der Waals surface area contributed by atoms with E-state index < -0.39 is 6.10 Å². The molecule has 6 heteroatoms. The molecule has 1 fully saturated rings. The number of pyridine rings is 1. The van der Waals surface area contributed by atoms with Crippen molar-refractivity contribution in [1.82, 2.24) is 9.88 Å². The van der Waals surface area contributed by atoms with Gasteiger partial charge >= 0.3 is 0 Å². The average molecular weight is 459 g/mol. The lowest BCUT2D eigenvalue weighted by molar-refractivity contribution is 0.0668. The minimum absolute atomic E-state index is 0.183. The number of likely N-dealkylation sites (tertiary alicyclic amines) is 1. The minimum Gasteiger partial charge on any atom is -0.492 e. The lowest BCUT2D eigenvalue weighted by Crippen LogP contribution is -2.49. The maximum absolute atomic E-state index is 14.0. The van der Waals surface area contributed by atoms with Gasteiger partial charge in [0.15, 0.2) is 6.10 Å². The van der Waals surface area contributed by atoms with Crippen LogP contribution in [0.1, 0.15) is 17.2 Å². The predicted molar refractivity (Wildman–Crippen MR) is 127 cm³/mol. The number of fused-ring (bicyclic) bond motifs is 5. The van der Waals surface area contributed by atoms with Crippen LogP contribution in [-0.4, -0.2) is 42.8 Å². The second-order valence-corrected chi connectivity index (χ2v) is 8.94. The molecule has 1 atom stereocenters. The third-order valence-electron chi connectivity index (χ3n) is 6.67. The van der Waals surface area contributed by atoms with Crippen molar-refractivity contribution in [1.29, 1.82) is 0 Å². The summed E-state index contributed by atoms with van der Waals surface area (Å²) in [5.74, 6) is 1.13. The Morgan fingerprint density at radius 3 is 2.65 bits per heavy atom. The van der Waals surface area contributed by atoms with Crippen LogP contribution in [-0.2, 0) is 0 Å². The average Bonchev–Trinajstić information content (AvgIpc) is 2.84. The summed E-state index contributed by atoms with van der Waals surface area (Å²) < 4.78 is 38.9. The second-order valence-electron chi connectivity index (χ2n) is 8.94. The van der Waals surface area contributed by atoms with Crippen molar-refractivity contribution >= 4 is 10.9 Å². The molecule has 172 valence electrons. The summed E-state index contributed by atoms with van der Waals surface area (Å²) in [4.78, 5) is 6.83. The highest BCUT2D eigenvalue weighted by Gasteiger charge is 2.30. The SMILES string of the molecule is FCC1CN(CCOc2ccc(C3Oc4cc(F)ccc4-c4cnc5ccccc5c43)cc2)C1. The van der Waals surface area contributed by atoms with Gasteiger partial charge in [0.25, 0.3) is 0 Å². The number of alkyl halides is 1. The van der Waals surface area contributed by atoms with E-state index in [1.165, 1.54) is 12.1 Å². The molecule has 1 unspecified atom stereocenters. The molecule has 4 nitrogen and oxygen atoms in total. The molecule has 6 rings (SSSR count). The zero-order valence-corrected chi connectivity index (χ0v) is 18.6. The fourth-order valence-electron chi connectivity index (χ4n) is 4.89. The molecule has 0 aliphatic carbocycles. The van der Waals surface area contributed by atoms with E-state index in [4.69, 9.17) is 9.47 Å². The summed E-state index contributed by atoms with van der Waals surface area (Å²) in [6.07, 6.45) is 1.45. The smallest absolute Gasteiger partial charge is 0.150 e.